The van der Waals surface area contributed by atoms with E-state index in [-0.39, 0.29) is 30.4 Å². The minimum atomic E-state index is -4.18. The first-order valence-electron chi connectivity index (χ1n) is 13.1. The second-order valence-electron chi connectivity index (χ2n) is 9.72. The zero-order chi connectivity index (χ0) is 28.7. The molecule has 1 aromatic carbocycles. The van der Waals surface area contributed by atoms with Gasteiger partial charge in [-0.3, -0.25) is 23.7 Å². The Bertz CT molecular complexity index is 1340. The summed E-state index contributed by atoms with van der Waals surface area (Å²) in [5.41, 5.74) is -1.08. The van der Waals surface area contributed by atoms with Crippen molar-refractivity contribution in [3.8, 4) is 5.75 Å². The number of hydrogen-bond acceptors (Lipinski definition) is 9. The quantitative estimate of drug-likeness (QED) is 0.244. The van der Waals surface area contributed by atoms with Crippen LogP contribution in [0.4, 0.5) is 0 Å². The molecule has 2 aliphatic rings. The highest BCUT2D eigenvalue weighted by Crippen LogP contribution is 2.46. The molecule has 0 amide bonds. The number of aliphatic hydroxyl groups excluding tert-OH is 1. The van der Waals surface area contributed by atoms with Crippen molar-refractivity contribution >= 4 is 35.7 Å². The predicted octanol–water partition coefficient (Wildman–Crippen LogP) is 3.61. The second-order valence-corrected chi connectivity index (χ2v) is 11.9. The third-order valence-electron chi connectivity index (χ3n) is 6.67. The molecule has 2 aromatic rings. The highest BCUT2D eigenvalue weighted by molar-refractivity contribution is 9.11. The third-order valence-corrected chi connectivity index (χ3v) is 8.58. The van der Waals surface area contributed by atoms with Gasteiger partial charge in [-0.1, -0.05) is 40.5 Å². The minimum Gasteiger partial charge on any atom is -0.461 e. The van der Waals surface area contributed by atoms with Gasteiger partial charge in [-0.2, -0.15) is 5.09 Å². The number of para-hydroxylation sites is 1. The molecule has 1 aliphatic heterocycles. The molecule has 5 atom stereocenters. The summed E-state index contributed by atoms with van der Waals surface area (Å²) in [4.78, 5) is 40.8. The number of H-pyrrole nitrogens is 1. The van der Waals surface area contributed by atoms with Crippen LogP contribution in [0.3, 0.4) is 0 Å². The summed E-state index contributed by atoms with van der Waals surface area (Å²) < 4.78 is 37.7. The van der Waals surface area contributed by atoms with E-state index >= 15 is 0 Å². The van der Waals surface area contributed by atoms with Crippen molar-refractivity contribution in [3.05, 3.63) is 67.9 Å². The first-order valence-corrected chi connectivity index (χ1v) is 15.6. The first kappa shape index (κ1) is 30.4. The van der Waals surface area contributed by atoms with E-state index in [2.05, 4.69) is 26.0 Å². The van der Waals surface area contributed by atoms with Crippen LogP contribution in [0, 0.1) is 0 Å². The van der Waals surface area contributed by atoms with Gasteiger partial charge in [0.2, 0.25) is 0 Å². The number of aliphatic hydroxyl groups is 1. The Kier molecular flexibility index (Phi) is 10.6. The minimum absolute atomic E-state index is 0.0127. The molecule has 12 nitrogen and oxygen atoms in total. The van der Waals surface area contributed by atoms with Crippen LogP contribution in [0.25, 0.3) is 6.08 Å². The highest BCUT2D eigenvalue weighted by Gasteiger charge is 2.40. The van der Waals surface area contributed by atoms with Gasteiger partial charge in [-0.15, -0.1) is 0 Å². The van der Waals surface area contributed by atoms with E-state index < -0.39 is 49.4 Å². The molecule has 3 N–H and O–H groups in total. The van der Waals surface area contributed by atoms with Crippen LogP contribution in [0.2, 0.25) is 0 Å². The average molecular weight is 642 g/mol. The van der Waals surface area contributed by atoms with E-state index in [4.69, 9.17) is 18.5 Å². The molecule has 2 heterocycles. The predicted molar refractivity (Wildman–Crippen MR) is 150 cm³/mol. The van der Waals surface area contributed by atoms with Gasteiger partial charge in [-0.25, -0.2) is 9.36 Å². The summed E-state index contributed by atoms with van der Waals surface area (Å²) >= 11 is 3.10. The maximum absolute atomic E-state index is 13.8. The summed E-state index contributed by atoms with van der Waals surface area (Å²) in [5, 5.41) is 13.3. The lowest BCUT2D eigenvalue weighted by molar-refractivity contribution is -0.152. The molecule has 1 saturated heterocycles. The largest absolute Gasteiger partial charge is 0.461 e. The second kappa shape index (κ2) is 13.9. The number of carbonyl (C=O) groups is 1. The number of aromatic amines is 1. The molecule has 1 saturated carbocycles. The Morgan fingerprint density at radius 2 is 2.00 bits per heavy atom. The van der Waals surface area contributed by atoms with Crippen LogP contribution in [-0.2, 0) is 23.4 Å². The van der Waals surface area contributed by atoms with Crippen LogP contribution in [0.15, 0.2) is 51.1 Å². The molecule has 2 fully saturated rings. The van der Waals surface area contributed by atoms with Crippen LogP contribution in [-0.4, -0.2) is 51.6 Å². The van der Waals surface area contributed by atoms with Crippen LogP contribution in [0.1, 0.15) is 57.2 Å². The molecule has 40 heavy (non-hydrogen) atoms. The molecule has 0 radical (unpaired) electrons. The van der Waals surface area contributed by atoms with Crippen molar-refractivity contribution in [1.82, 2.24) is 14.6 Å². The number of nitrogens with zero attached hydrogens (tertiary/aromatic N) is 1. The molecule has 4 rings (SSSR count). The van der Waals surface area contributed by atoms with Crippen molar-refractivity contribution in [2.45, 2.75) is 76.0 Å². The van der Waals surface area contributed by atoms with Gasteiger partial charge in [-0.05, 0) is 55.8 Å². The molecular formula is C26H33BrN3O9P. The third kappa shape index (κ3) is 8.02. The van der Waals surface area contributed by atoms with Crippen molar-refractivity contribution in [2.75, 3.05) is 6.61 Å². The number of ether oxygens (including phenoxy) is 2. The van der Waals surface area contributed by atoms with Gasteiger partial charge in [0.25, 0.3) is 5.56 Å². The summed E-state index contributed by atoms with van der Waals surface area (Å²) in [6.07, 6.45) is 4.30. The van der Waals surface area contributed by atoms with E-state index in [9.17, 15) is 24.1 Å². The summed E-state index contributed by atoms with van der Waals surface area (Å²) in [7, 11) is -4.18. The number of nitrogens with one attached hydrogen (secondary N) is 2. The van der Waals surface area contributed by atoms with Gasteiger partial charge >= 0.3 is 19.4 Å². The molecule has 1 aliphatic carbocycles. The van der Waals surface area contributed by atoms with Crippen LogP contribution >= 0.6 is 23.7 Å². The normalized spacial score (nSPS) is 24.0. The van der Waals surface area contributed by atoms with Crippen molar-refractivity contribution in [2.24, 2.45) is 0 Å². The number of halogens is 1. The fraction of sp³-hybridized carbons (Fsp3) is 0.500. The van der Waals surface area contributed by atoms with E-state index in [1.807, 2.05) is 0 Å². The van der Waals surface area contributed by atoms with E-state index in [0.29, 0.717) is 0 Å². The van der Waals surface area contributed by atoms with Crippen LogP contribution < -0.4 is 20.9 Å². The fourth-order valence-corrected chi connectivity index (χ4v) is 6.35. The van der Waals surface area contributed by atoms with Gasteiger partial charge < -0.3 is 19.1 Å². The average Bonchev–Trinajstić information content (AvgIpc) is 3.30. The molecule has 4 unspecified atom stereocenters. The lowest BCUT2D eigenvalue weighted by Crippen LogP contribution is -2.38. The maximum atomic E-state index is 13.8. The Hall–Kier alpha value is -2.54. The molecular weight excluding hydrogens is 609 g/mol. The number of carbonyl (C=O) groups excluding carboxylic acids is 1. The Balaban J connectivity index is 1.45. The summed E-state index contributed by atoms with van der Waals surface area (Å²) in [5.74, 6) is -0.334. The Morgan fingerprint density at radius 1 is 1.27 bits per heavy atom. The number of rotatable bonds is 11. The standard InChI is InChI=1S/C26H33BrN3O9P/c1-17(25(33)37-19-8-4-2-5-9-19)29-40(35,39-20-10-6-3-7-11-20)36-16-22-21(31)14-23(38-22)30-15-18(12-13-27)24(32)28-26(30)34/h3,6-7,10-13,15,17,19,21-23,31H,2,4-5,8-9,14,16H2,1H3,(H,29,35)(H,28,32,34)/t17-,21?,22?,23?,40?/m0/s1. The molecule has 14 heteroatoms. The first-order chi connectivity index (χ1) is 19.2. The van der Waals surface area contributed by atoms with Gasteiger partial charge in [0.15, 0.2) is 0 Å². The monoisotopic (exact) mass is 641 g/mol. The number of aromatic nitrogens is 2. The summed E-state index contributed by atoms with van der Waals surface area (Å²) in [6.45, 7) is 1.12. The molecule has 218 valence electrons. The van der Waals surface area contributed by atoms with Gasteiger partial charge in [0.05, 0.1) is 18.3 Å². The Morgan fingerprint density at radius 3 is 2.70 bits per heavy atom. The molecule has 1 aromatic heterocycles. The van der Waals surface area contributed by atoms with Crippen molar-refractivity contribution < 1.29 is 33.0 Å². The number of hydrogen-bond donors (Lipinski definition) is 3. The lowest BCUT2D eigenvalue weighted by atomic mass is 9.98. The molecule has 0 spiro atoms. The zero-order valence-electron chi connectivity index (χ0n) is 21.9. The zero-order valence-corrected chi connectivity index (χ0v) is 24.4. The lowest BCUT2D eigenvalue weighted by Gasteiger charge is -2.27. The maximum Gasteiger partial charge on any atom is 0.459 e. The van der Waals surface area contributed by atoms with E-state index in [1.165, 1.54) is 24.2 Å². The van der Waals surface area contributed by atoms with Gasteiger partial charge in [0.1, 0.15) is 30.2 Å². The Labute approximate surface area is 239 Å². The van der Waals surface area contributed by atoms with Crippen molar-refractivity contribution in [3.63, 3.8) is 0 Å². The van der Waals surface area contributed by atoms with E-state index in [0.717, 1.165) is 36.7 Å². The molecule has 0 bridgehead atoms. The SMILES string of the molecule is C[C@H](NP(=O)(OCC1OC(n2cc(C=CBr)c(=O)[nH]c2=O)CC1O)Oc1ccccc1)C(=O)OC1CCCCC1. The summed E-state index contributed by atoms with van der Waals surface area (Å²) in [6, 6.07) is 7.30. The van der Waals surface area contributed by atoms with Crippen molar-refractivity contribution in [1.29, 1.82) is 0 Å². The topological polar surface area (TPSA) is 158 Å². The van der Waals surface area contributed by atoms with E-state index in [1.54, 1.807) is 30.3 Å². The highest BCUT2D eigenvalue weighted by atomic mass is 79.9. The number of esters is 1. The van der Waals surface area contributed by atoms with Crippen LogP contribution in [0.5, 0.6) is 5.75 Å². The van der Waals surface area contributed by atoms with Gasteiger partial charge in [0, 0.05) is 12.6 Å². The smallest absolute Gasteiger partial charge is 0.459 e. The number of benzene rings is 1. The fourth-order valence-electron chi connectivity index (χ4n) is 4.56.